The van der Waals surface area contributed by atoms with E-state index in [0.29, 0.717) is 23.8 Å². The number of methoxy groups -OCH3 is 3. The molecule has 0 radical (unpaired) electrons. The Hall–Kier alpha value is -2.32. The highest BCUT2D eigenvalue weighted by atomic mass is 19.4. The van der Waals surface area contributed by atoms with Crippen molar-refractivity contribution in [1.82, 2.24) is 10.6 Å². The molecule has 0 aliphatic carbocycles. The molecule has 0 unspecified atom stereocenters. The maximum atomic E-state index is 12.2. The fraction of sp³-hybridized carbons (Fsp3) is 0.533. The molecule has 0 aliphatic heterocycles. The second-order valence-corrected chi connectivity index (χ2v) is 4.75. The van der Waals surface area contributed by atoms with Crippen LogP contribution in [0.25, 0.3) is 0 Å². The van der Waals surface area contributed by atoms with Crippen LogP contribution in [0.5, 0.6) is 17.2 Å². The van der Waals surface area contributed by atoms with Gasteiger partial charge in [-0.3, -0.25) is 4.99 Å². The van der Waals surface area contributed by atoms with Crippen molar-refractivity contribution in [2.75, 3.05) is 34.9 Å². The number of nitrogens with one attached hydrogen (secondary N) is 2. The van der Waals surface area contributed by atoms with Gasteiger partial charge in [-0.05, 0) is 17.7 Å². The van der Waals surface area contributed by atoms with Crippen LogP contribution in [0.15, 0.2) is 17.1 Å². The third-order valence-corrected chi connectivity index (χ3v) is 3.11. The molecule has 2 N–H and O–H groups in total. The van der Waals surface area contributed by atoms with E-state index in [0.717, 1.165) is 5.56 Å². The summed E-state index contributed by atoms with van der Waals surface area (Å²) in [6, 6.07) is 3.49. The summed E-state index contributed by atoms with van der Waals surface area (Å²) in [5.41, 5.74) is 0.795. The van der Waals surface area contributed by atoms with Crippen molar-refractivity contribution in [1.29, 1.82) is 0 Å². The molecule has 0 saturated carbocycles. The van der Waals surface area contributed by atoms with Crippen LogP contribution in [0.3, 0.4) is 0 Å². The van der Waals surface area contributed by atoms with Crippen molar-refractivity contribution >= 4 is 5.96 Å². The van der Waals surface area contributed by atoms with Gasteiger partial charge >= 0.3 is 6.18 Å². The van der Waals surface area contributed by atoms with Crippen LogP contribution in [0.4, 0.5) is 13.2 Å². The molecule has 0 saturated heterocycles. The SMILES string of the molecule is CN=C(NCCC(F)(F)F)NCc1cc(OC)c(OC)c(OC)c1. The molecular weight excluding hydrogens is 327 g/mol. The maximum absolute atomic E-state index is 12.2. The van der Waals surface area contributed by atoms with Gasteiger partial charge in [0.05, 0.1) is 27.8 Å². The Morgan fingerprint density at radius 2 is 1.62 bits per heavy atom. The van der Waals surface area contributed by atoms with Crippen molar-refractivity contribution in [3.05, 3.63) is 17.7 Å². The first-order chi connectivity index (χ1) is 11.3. The standard InChI is InChI=1S/C15H22F3N3O3/c1-19-14(20-6-5-15(16,17)18)21-9-10-7-11(22-2)13(24-4)12(8-10)23-3/h7-8H,5-6,9H2,1-4H3,(H2,19,20,21). The monoisotopic (exact) mass is 349 g/mol. The van der Waals surface area contributed by atoms with Crippen LogP contribution in [-0.2, 0) is 6.54 Å². The summed E-state index contributed by atoms with van der Waals surface area (Å²) in [7, 11) is 6.00. The van der Waals surface area contributed by atoms with Crippen LogP contribution >= 0.6 is 0 Å². The van der Waals surface area contributed by atoms with Crippen molar-refractivity contribution in [2.24, 2.45) is 4.99 Å². The minimum absolute atomic E-state index is 0.252. The lowest BCUT2D eigenvalue weighted by Crippen LogP contribution is -2.38. The Balaban J connectivity index is 2.71. The predicted octanol–water partition coefficient (Wildman–Crippen LogP) is 2.33. The molecule has 136 valence electrons. The number of hydrogen-bond donors (Lipinski definition) is 2. The van der Waals surface area contributed by atoms with E-state index in [-0.39, 0.29) is 12.5 Å². The first-order valence-electron chi connectivity index (χ1n) is 7.14. The molecule has 0 atom stereocenters. The number of hydrogen-bond acceptors (Lipinski definition) is 4. The normalized spacial score (nSPS) is 11.9. The highest BCUT2D eigenvalue weighted by Gasteiger charge is 2.26. The van der Waals surface area contributed by atoms with E-state index in [1.165, 1.54) is 28.4 Å². The largest absolute Gasteiger partial charge is 0.493 e. The third kappa shape index (κ3) is 6.05. The molecule has 24 heavy (non-hydrogen) atoms. The van der Waals surface area contributed by atoms with E-state index in [2.05, 4.69) is 15.6 Å². The van der Waals surface area contributed by atoms with Crippen LogP contribution in [-0.4, -0.2) is 47.1 Å². The number of guanidine groups is 1. The second-order valence-electron chi connectivity index (χ2n) is 4.75. The Morgan fingerprint density at radius 3 is 2.04 bits per heavy atom. The zero-order chi connectivity index (χ0) is 18.2. The molecule has 0 aromatic heterocycles. The van der Waals surface area contributed by atoms with Crippen molar-refractivity contribution < 1.29 is 27.4 Å². The quantitative estimate of drug-likeness (QED) is 0.584. The second kappa shape index (κ2) is 9.09. The Morgan fingerprint density at radius 1 is 1.04 bits per heavy atom. The Kier molecular flexibility index (Phi) is 7.47. The van der Waals surface area contributed by atoms with Gasteiger partial charge < -0.3 is 24.8 Å². The molecule has 0 bridgehead atoms. The summed E-state index contributed by atoms with van der Waals surface area (Å²) in [6.45, 7) is 0.0703. The van der Waals surface area contributed by atoms with Gasteiger partial charge in [-0.25, -0.2) is 0 Å². The number of alkyl halides is 3. The van der Waals surface area contributed by atoms with Gasteiger partial charge in [-0.1, -0.05) is 0 Å². The fourth-order valence-corrected chi connectivity index (χ4v) is 1.97. The predicted molar refractivity (Wildman–Crippen MR) is 85.0 cm³/mol. The van der Waals surface area contributed by atoms with E-state index in [1.807, 2.05) is 0 Å². The van der Waals surface area contributed by atoms with Crippen LogP contribution < -0.4 is 24.8 Å². The molecule has 0 fully saturated rings. The van der Waals surface area contributed by atoms with E-state index < -0.39 is 12.6 Å². The Bertz CT molecular complexity index is 538. The highest BCUT2D eigenvalue weighted by Crippen LogP contribution is 2.38. The fourth-order valence-electron chi connectivity index (χ4n) is 1.97. The molecule has 0 heterocycles. The van der Waals surface area contributed by atoms with E-state index in [1.54, 1.807) is 12.1 Å². The number of halogens is 3. The van der Waals surface area contributed by atoms with E-state index in [9.17, 15) is 13.2 Å². The maximum Gasteiger partial charge on any atom is 0.390 e. The summed E-state index contributed by atoms with van der Waals surface area (Å²) in [4.78, 5) is 3.88. The average molecular weight is 349 g/mol. The molecule has 1 aromatic carbocycles. The van der Waals surface area contributed by atoms with E-state index in [4.69, 9.17) is 14.2 Å². The lowest BCUT2D eigenvalue weighted by atomic mass is 10.2. The summed E-state index contributed by atoms with van der Waals surface area (Å²) in [5, 5.41) is 5.54. The van der Waals surface area contributed by atoms with Gasteiger partial charge in [0.1, 0.15) is 0 Å². The van der Waals surface area contributed by atoms with Gasteiger partial charge in [0.25, 0.3) is 0 Å². The van der Waals surface area contributed by atoms with Gasteiger partial charge in [-0.2, -0.15) is 13.2 Å². The van der Waals surface area contributed by atoms with Gasteiger partial charge in [0, 0.05) is 20.1 Å². The molecule has 0 aliphatic rings. The minimum Gasteiger partial charge on any atom is -0.493 e. The van der Waals surface area contributed by atoms with Crippen LogP contribution in [0, 0.1) is 0 Å². The van der Waals surface area contributed by atoms with Crippen LogP contribution in [0.2, 0.25) is 0 Å². The summed E-state index contributed by atoms with van der Waals surface area (Å²) < 4.78 is 52.2. The average Bonchev–Trinajstić information content (AvgIpc) is 2.55. The molecule has 0 spiro atoms. The summed E-state index contributed by atoms with van der Waals surface area (Å²) in [5.74, 6) is 1.73. The highest BCUT2D eigenvalue weighted by molar-refractivity contribution is 5.79. The Labute approximate surface area is 139 Å². The first kappa shape index (κ1) is 19.7. The van der Waals surface area contributed by atoms with Gasteiger partial charge in [-0.15, -0.1) is 0 Å². The van der Waals surface area contributed by atoms with E-state index >= 15 is 0 Å². The van der Waals surface area contributed by atoms with Crippen molar-refractivity contribution in [3.63, 3.8) is 0 Å². The topological polar surface area (TPSA) is 64.1 Å². The lowest BCUT2D eigenvalue weighted by Gasteiger charge is -2.16. The van der Waals surface area contributed by atoms with Crippen molar-refractivity contribution in [2.45, 2.75) is 19.1 Å². The molecule has 0 amide bonds. The lowest BCUT2D eigenvalue weighted by molar-refractivity contribution is -0.132. The summed E-state index contributed by atoms with van der Waals surface area (Å²) >= 11 is 0. The molecule has 1 aromatic rings. The number of rotatable bonds is 7. The molecule has 9 heteroatoms. The number of ether oxygens (including phenoxy) is 3. The number of aliphatic imine (C=N–C) groups is 1. The van der Waals surface area contributed by atoms with Gasteiger partial charge in [0.2, 0.25) is 5.75 Å². The minimum atomic E-state index is -4.21. The first-order valence-corrected chi connectivity index (χ1v) is 7.14. The zero-order valence-electron chi connectivity index (χ0n) is 14.1. The third-order valence-electron chi connectivity index (χ3n) is 3.11. The zero-order valence-corrected chi connectivity index (χ0v) is 14.1. The number of benzene rings is 1. The molecule has 1 rings (SSSR count). The van der Waals surface area contributed by atoms with Crippen LogP contribution in [0.1, 0.15) is 12.0 Å². The van der Waals surface area contributed by atoms with Crippen molar-refractivity contribution in [3.8, 4) is 17.2 Å². The molecular formula is C15H22F3N3O3. The smallest absolute Gasteiger partial charge is 0.390 e. The summed E-state index contributed by atoms with van der Waals surface area (Å²) in [6.07, 6.45) is -5.14. The number of nitrogens with zero attached hydrogens (tertiary/aromatic N) is 1. The van der Waals surface area contributed by atoms with Gasteiger partial charge in [0.15, 0.2) is 17.5 Å². The molecule has 6 nitrogen and oxygen atoms in total.